The second kappa shape index (κ2) is 5.75. The number of ether oxygens (including phenoxy) is 1. The highest BCUT2D eigenvalue weighted by Crippen LogP contribution is 2.30. The number of benzene rings is 1. The van der Waals surface area contributed by atoms with Gasteiger partial charge in [-0.1, -0.05) is 13.3 Å². The van der Waals surface area contributed by atoms with E-state index in [9.17, 15) is 18.0 Å². The third kappa shape index (κ3) is 3.94. The van der Waals surface area contributed by atoms with Crippen LogP contribution < -0.4 is 4.74 Å². The predicted molar refractivity (Wildman–Crippen MR) is 58.4 cm³/mol. The van der Waals surface area contributed by atoms with Crippen molar-refractivity contribution in [3.05, 3.63) is 29.8 Å². The Morgan fingerprint density at radius 2 is 1.89 bits per heavy atom. The first-order valence-corrected chi connectivity index (χ1v) is 5.41. The summed E-state index contributed by atoms with van der Waals surface area (Å²) < 4.78 is 42.0. The highest BCUT2D eigenvalue weighted by molar-refractivity contribution is 5.72. The van der Waals surface area contributed by atoms with E-state index in [1.165, 1.54) is 0 Å². The Kier molecular flexibility index (Phi) is 4.58. The molecule has 1 N–H and O–H groups in total. The van der Waals surface area contributed by atoms with E-state index in [1.807, 2.05) is 0 Å². The van der Waals surface area contributed by atoms with Gasteiger partial charge in [0.2, 0.25) is 0 Å². The van der Waals surface area contributed by atoms with Crippen molar-refractivity contribution in [2.75, 3.05) is 0 Å². The van der Waals surface area contributed by atoms with E-state index in [1.54, 1.807) is 6.92 Å². The zero-order chi connectivity index (χ0) is 13.8. The minimum atomic E-state index is -4.41. The van der Waals surface area contributed by atoms with E-state index < -0.39 is 23.8 Å². The summed E-state index contributed by atoms with van der Waals surface area (Å²) in [6.45, 7) is 1.80. The van der Waals surface area contributed by atoms with Crippen LogP contribution in [0.3, 0.4) is 0 Å². The molecule has 18 heavy (non-hydrogen) atoms. The number of carbonyl (C=O) groups is 1. The smallest absolute Gasteiger partial charge is 0.416 e. The van der Waals surface area contributed by atoms with Gasteiger partial charge in [-0.05, 0) is 30.7 Å². The molecule has 0 aliphatic carbocycles. The summed E-state index contributed by atoms with van der Waals surface area (Å²) >= 11 is 0. The molecule has 0 bridgehead atoms. The maximum Gasteiger partial charge on any atom is 0.416 e. The van der Waals surface area contributed by atoms with Crippen molar-refractivity contribution < 1.29 is 27.8 Å². The SMILES string of the molecule is CCCC(Oc1ccc(C(F)(F)F)cc1)C(=O)O. The van der Waals surface area contributed by atoms with Crippen LogP contribution >= 0.6 is 0 Å². The van der Waals surface area contributed by atoms with Gasteiger partial charge < -0.3 is 9.84 Å². The van der Waals surface area contributed by atoms with Gasteiger partial charge in [0.15, 0.2) is 6.10 Å². The average Bonchev–Trinajstić information content (AvgIpc) is 2.28. The predicted octanol–water partition coefficient (Wildman–Crippen LogP) is 3.34. The third-order valence-electron chi connectivity index (χ3n) is 2.29. The summed E-state index contributed by atoms with van der Waals surface area (Å²) in [6, 6.07) is 3.96. The lowest BCUT2D eigenvalue weighted by atomic mass is 10.2. The Bertz CT molecular complexity index is 398. The van der Waals surface area contributed by atoms with Crippen molar-refractivity contribution >= 4 is 5.97 Å². The van der Waals surface area contributed by atoms with Gasteiger partial charge >= 0.3 is 12.1 Å². The van der Waals surface area contributed by atoms with Crippen molar-refractivity contribution in [1.29, 1.82) is 0 Å². The number of hydrogen-bond acceptors (Lipinski definition) is 2. The molecule has 0 saturated heterocycles. The molecule has 0 saturated carbocycles. The maximum absolute atomic E-state index is 12.3. The van der Waals surface area contributed by atoms with E-state index in [0.717, 1.165) is 24.3 Å². The zero-order valence-electron chi connectivity index (χ0n) is 9.70. The van der Waals surface area contributed by atoms with Gasteiger partial charge in [-0.3, -0.25) is 0 Å². The van der Waals surface area contributed by atoms with E-state index in [-0.39, 0.29) is 5.75 Å². The lowest BCUT2D eigenvalue weighted by Gasteiger charge is -2.14. The van der Waals surface area contributed by atoms with Crippen LogP contribution in [0, 0.1) is 0 Å². The van der Waals surface area contributed by atoms with Crippen molar-refractivity contribution in [2.24, 2.45) is 0 Å². The molecular weight excluding hydrogens is 249 g/mol. The molecule has 3 nitrogen and oxygen atoms in total. The third-order valence-corrected chi connectivity index (χ3v) is 2.29. The fourth-order valence-corrected chi connectivity index (χ4v) is 1.38. The molecule has 1 aromatic rings. The zero-order valence-corrected chi connectivity index (χ0v) is 9.70. The van der Waals surface area contributed by atoms with Crippen molar-refractivity contribution in [3.63, 3.8) is 0 Å². The lowest BCUT2D eigenvalue weighted by molar-refractivity contribution is -0.145. The summed E-state index contributed by atoms with van der Waals surface area (Å²) in [5.74, 6) is -1.01. The molecule has 100 valence electrons. The van der Waals surface area contributed by atoms with Gasteiger partial charge in [0, 0.05) is 0 Å². The van der Waals surface area contributed by atoms with Crippen LogP contribution in [-0.4, -0.2) is 17.2 Å². The molecule has 0 aliphatic heterocycles. The van der Waals surface area contributed by atoms with Crippen LogP contribution in [0.5, 0.6) is 5.75 Å². The maximum atomic E-state index is 12.3. The number of carboxylic acids is 1. The van der Waals surface area contributed by atoms with Gasteiger partial charge in [-0.2, -0.15) is 13.2 Å². The van der Waals surface area contributed by atoms with Crippen molar-refractivity contribution in [3.8, 4) is 5.75 Å². The van der Waals surface area contributed by atoms with E-state index in [4.69, 9.17) is 9.84 Å². The molecule has 0 radical (unpaired) electrons. The fourth-order valence-electron chi connectivity index (χ4n) is 1.38. The highest BCUT2D eigenvalue weighted by atomic mass is 19.4. The molecule has 0 fully saturated rings. The van der Waals surface area contributed by atoms with Crippen LogP contribution in [0.1, 0.15) is 25.3 Å². The fraction of sp³-hybridized carbons (Fsp3) is 0.417. The van der Waals surface area contributed by atoms with Crippen molar-refractivity contribution in [2.45, 2.75) is 32.0 Å². The van der Waals surface area contributed by atoms with Crippen LogP contribution in [-0.2, 0) is 11.0 Å². The summed E-state index contributed by atoms with van der Waals surface area (Å²) in [5, 5.41) is 8.84. The van der Waals surface area contributed by atoms with Crippen LogP contribution in [0.25, 0.3) is 0 Å². The van der Waals surface area contributed by atoms with Gasteiger partial charge in [0.1, 0.15) is 5.75 Å². The molecule has 1 rings (SSSR count). The molecule has 0 spiro atoms. The number of alkyl halides is 3. The topological polar surface area (TPSA) is 46.5 Å². The molecule has 1 unspecified atom stereocenters. The summed E-state index contributed by atoms with van der Waals surface area (Å²) in [6.07, 6.45) is -4.53. The number of aliphatic carboxylic acids is 1. The quantitative estimate of drug-likeness (QED) is 0.885. The first kappa shape index (κ1) is 14.3. The second-order valence-electron chi connectivity index (χ2n) is 3.76. The molecule has 0 heterocycles. The van der Waals surface area contributed by atoms with E-state index >= 15 is 0 Å². The molecule has 1 atom stereocenters. The van der Waals surface area contributed by atoms with E-state index in [2.05, 4.69) is 0 Å². The number of hydrogen-bond donors (Lipinski definition) is 1. The number of rotatable bonds is 5. The van der Waals surface area contributed by atoms with Crippen LogP contribution in [0.2, 0.25) is 0 Å². The van der Waals surface area contributed by atoms with Crippen LogP contribution in [0.15, 0.2) is 24.3 Å². The molecule has 0 aliphatic rings. The van der Waals surface area contributed by atoms with E-state index in [0.29, 0.717) is 12.8 Å². The first-order chi connectivity index (χ1) is 8.34. The Balaban J connectivity index is 2.76. The molecule has 0 aromatic heterocycles. The monoisotopic (exact) mass is 262 g/mol. The Morgan fingerprint density at radius 3 is 2.28 bits per heavy atom. The number of halogens is 3. The highest BCUT2D eigenvalue weighted by Gasteiger charge is 2.30. The lowest BCUT2D eigenvalue weighted by Crippen LogP contribution is -2.26. The summed E-state index contributed by atoms with van der Waals surface area (Å²) in [4.78, 5) is 10.8. The van der Waals surface area contributed by atoms with Gasteiger partial charge in [0.05, 0.1) is 5.56 Å². The molecule has 6 heteroatoms. The minimum Gasteiger partial charge on any atom is -0.479 e. The minimum absolute atomic E-state index is 0.115. The summed E-state index contributed by atoms with van der Waals surface area (Å²) in [5.41, 5.74) is -0.794. The van der Waals surface area contributed by atoms with Crippen molar-refractivity contribution in [1.82, 2.24) is 0 Å². The first-order valence-electron chi connectivity index (χ1n) is 5.41. The largest absolute Gasteiger partial charge is 0.479 e. The molecular formula is C12H13F3O3. The Hall–Kier alpha value is -1.72. The van der Waals surface area contributed by atoms with Gasteiger partial charge in [0.25, 0.3) is 0 Å². The standard InChI is InChI=1S/C12H13F3O3/c1-2-3-10(11(16)17)18-9-6-4-8(5-7-9)12(13,14)15/h4-7,10H,2-3H2,1H3,(H,16,17). The van der Waals surface area contributed by atoms with Gasteiger partial charge in [-0.15, -0.1) is 0 Å². The van der Waals surface area contributed by atoms with Gasteiger partial charge in [-0.25, -0.2) is 4.79 Å². The summed E-state index contributed by atoms with van der Waals surface area (Å²) in [7, 11) is 0. The Morgan fingerprint density at radius 1 is 1.33 bits per heavy atom. The molecule has 1 aromatic carbocycles. The second-order valence-corrected chi connectivity index (χ2v) is 3.76. The normalized spacial score (nSPS) is 13.1. The van der Waals surface area contributed by atoms with Crippen LogP contribution in [0.4, 0.5) is 13.2 Å². The number of carboxylic acid groups (broad SMARTS) is 1. The Labute approximate surface area is 102 Å². The average molecular weight is 262 g/mol. The molecule has 0 amide bonds.